The van der Waals surface area contributed by atoms with Gasteiger partial charge in [-0.25, -0.2) is 0 Å². The van der Waals surface area contributed by atoms with Crippen molar-refractivity contribution in [2.24, 2.45) is 0 Å². The van der Waals surface area contributed by atoms with Crippen LogP contribution in [0, 0.1) is 6.92 Å². The number of hydrogen-bond donors (Lipinski definition) is 1. The first kappa shape index (κ1) is 23.8. The molecule has 0 saturated carbocycles. The minimum absolute atomic E-state index is 0.0168. The van der Waals surface area contributed by atoms with Gasteiger partial charge in [-0.05, 0) is 55.7 Å². The SMILES string of the molecule is CC[NH+](CC)CCCN1C(=O)C([O-])=C(C(=O)c2ccc(C)o2)C1c1ccc(C(C)C)cc1. The number of amides is 1. The second kappa shape index (κ2) is 10.2. The first-order valence-corrected chi connectivity index (χ1v) is 11.5. The minimum Gasteiger partial charge on any atom is -0.868 e. The molecule has 1 unspecified atom stereocenters. The fraction of sp³-hybridized carbons (Fsp3) is 0.462. The number of carbonyl (C=O) groups is 2. The van der Waals surface area contributed by atoms with Crippen LogP contribution in [0.25, 0.3) is 0 Å². The molecule has 6 heteroatoms. The highest BCUT2D eigenvalue weighted by Crippen LogP contribution is 2.38. The zero-order chi connectivity index (χ0) is 23.4. The fourth-order valence-corrected chi connectivity index (χ4v) is 4.30. The number of hydrogen-bond acceptors (Lipinski definition) is 4. The van der Waals surface area contributed by atoms with E-state index in [-0.39, 0.29) is 11.3 Å². The van der Waals surface area contributed by atoms with Crippen molar-refractivity contribution in [2.45, 2.75) is 53.0 Å². The predicted octanol–water partition coefficient (Wildman–Crippen LogP) is 2.41. The summed E-state index contributed by atoms with van der Waals surface area (Å²) in [7, 11) is 0. The molecule has 0 spiro atoms. The molecule has 0 saturated heterocycles. The quantitative estimate of drug-likeness (QED) is 0.578. The third kappa shape index (κ3) is 4.80. The monoisotopic (exact) mass is 438 g/mol. The Morgan fingerprint density at radius 2 is 1.78 bits per heavy atom. The molecule has 1 amide bonds. The van der Waals surface area contributed by atoms with Gasteiger partial charge in [-0.1, -0.05) is 38.1 Å². The van der Waals surface area contributed by atoms with Crippen molar-refractivity contribution in [1.82, 2.24) is 4.90 Å². The van der Waals surface area contributed by atoms with Gasteiger partial charge < -0.3 is 19.3 Å². The number of furan rings is 1. The number of quaternary nitrogens is 1. The molecule has 172 valence electrons. The van der Waals surface area contributed by atoms with Gasteiger partial charge >= 0.3 is 0 Å². The molecule has 6 nitrogen and oxygen atoms in total. The van der Waals surface area contributed by atoms with Gasteiger partial charge in [0.2, 0.25) is 11.7 Å². The highest BCUT2D eigenvalue weighted by atomic mass is 16.3. The third-order valence-electron chi connectivity index (χ3n) is 6.34. The van der Waals surface area contributed by atoms with Gasteiger partial charge in [0.05, 0.1) is 25.7 Å². The van der Waals surface area contributed by atoms with Crippen LogP contribution in [0.5, 0.6) is 0 Å². The average molecular weight is 439 g/mol. The molecule has 1 aromatic carbocycles. The van der Waals surface area contributed by atoms with Crippen molar-refractivity contribution in [1.29, 1.82) is 0 Å². The minimum atomic E-state index is -0.725. The Balaban J connectivity index is 1.96. The number of nitrogens with one attached hydrogen (secondary N) is 1. The standard InChI is InChI=1S/C26H34N2O4/c1-6-27(7-2)15-8-16-28-23(20-12-10-19(11-13-20)17(3)4)22(25(30)26(28)31)24(29)21-14-9-18(5)32-21/h9-14,17,23,30H,6-8,15-16H2,1-5H3. The molecule has 0 fully saturated rings. The fourth-order valence-electron chi connectivity index (χ4n) is 4.30. The predicted molar refractivity (Wildman–Crippen MR) is 121 cm³/mol. The Kier molecular flexibility index (Phi) is 7.56. The molecule has 0 bridgehead atoms. The van der Waals surface area contributed by atoms with Crippen LogP contribution in [0.15, 0.2) is 52.1 Å². The van der Waals surface area contributed by atoms with Gasteiger partial charge in [0.1, 0.15) is 5.76 Å². The van der Waals surface area contributed by atoms with Crippen LogP contribution in [-0.2, 0) is 4.79 Å². The summed E-state index contributed by atoms with van der Waals surface area (Å²) in [6.45, 7) is 13.6. The van der Waals surface area contributed by atoms with Crippen LogP contribution in [0.3, 0.4) is 0 Å². The molecule has 1 aliphatic heterocycles. The number of Topliss-reactive ketones (excluding diaryl/α,β-unsaturated/α-hetero) is 1. The van der Waals surface area contributed by atoms with Crippen LogP contribution in [0.2, 0.25) is 0 Å². The lowest BCUT2D eigenvalue weighted by Crippen LogP contribution is -3.11. The van der Waals surface area contributed by atoms with Crippen LogP contribution in [0.4, 0.5) is 0 Å². The molecule has 32 heavy (non-hydrogen) atoms. The van der Waals surface area contributed by atoms with Crippen LogP contribution < -0.4 is 10.0 Å². The van der Waals surface area contributed by atoms with E-state index in [1.807, 2.05) is 24.3 Å². The van der Waals surface area contributed by atoms with E-state index >= 15 is 0 Å². The number of benzene rings is 1. The molecule has 0 radical (unpaired) electrons. The Hall–Kier alpha value is -2.86. The van der Waals surface area contributed by atoms with Gasteiger partial charge in [0.25, 0.3) is 0 Å². The molecule has 3 rings (SSSR count). The maximum atomic E-state index is 13.3. The first-order valence-electron chi connectivity index (χ1n) is 11.5. The summed E-state index contributed by atoms with van der Waals surface area (Å²) < 4.78 is 5.50. The summed E-state index contributed by atoms with van der Waals surface area (Å²) >= 11 is 0. The van der Waals surface area contributed by atoms with Gasteiger partial charge in [0.15, 0.2) is 5.76 Å². The van der Waals surface area contributed by atoms with Crippen LogP contribution >= 0.6 is 0 Å². The van der Waals surface area contributed by atoms with Crippen LogP contribution in [-0.4, -0.2) is 42.8 Å². The summed E-state index contributed by atoms with van der Waals surface area (Å²) in [4.78, 5) is 29.3. The van der Waals surface area contributed by atoms with E-state index in [2.05, 4.69) is 27.7 Å². The normalized spacial score (nSPS) is 16.7. The maximum Gasteiger partial charge on any atom is 0.239 e. The number of nitrogens with zero attached hydrogens (tertiary/aromatic N) is 1. The van der Waals surface area contributed by atoms with Crippen molar-refractivity contribution in [2.75, 3.05) is 26.2 Å². The zero-order valence-corrected chi connectivity index (χ0v) is 19.7. The molecule has 1 atom stereocenters. The van der Waals surface area contributed by atoms with E-state index in [0.29, 0.717) is 18.2 Å². The van der Waals surface area contributed by atoms with Crippen LogP contribution in [0.1, 0.15) is 73.5 Å². The number of ketones is 1. The Bertz CT molecular complexity index is 984. The average Bonchev–Trinajstić information content (AvgIpc) is 3.33. The number of aryl methyl sites for hydroxylation is 1. The summed E-state index contributed by atoms with van der Waals surface area (Å²) in [6.07, 6.45) is 0.762. The Morgan fingerprint density at radius 3 is 2.31 bits per heavy atom. The van der Waals surface area contributed by atoms with E-state index in [4.69, 9.17) is 4.42 Å². The largest absolute Gasteiger partial charge is 0.868 e. The van der Waals surface area contributed by atoms with E-state index in [9.17, 15) is 14.7 Å². The first-order chi connectivity index (χ1) is 15.3. The molecule has 0 aliphatic carbocycles. The van der Waals surface area contributed by atoms with Gasteiger partial charge in [0, 0.05) is 18.5 Å². The molecule has 2 heterocycles. The van der Waals surface area contributed by atoms with Crippen molar-refractivity contribution in [3.63, 3.8) is 0 Å². The smallest absolute Gasteiger partial charge is 0.239 e. The summed E-state index contributed by atoms with van der Waals surface area (Å²) in [6, 6.07) is 10.4. The van der Waals surface area contributed by atoms with Crippen molar-refractivity contribution >= 4 is 11.7 Å². The third-order valence-corrected chi connectivity index (χ3v) is 6.34. The topological polar surface area (TPSA) is 78.0 Å². The van der Waals surface area contributed by atoms with E-state index in [0.717, 1.165) is 37.2 Å². The lowest BCUT2D eigenvalue weighted by atomic mass is 9.93. The van der Waals surface area contributed by atoms with E-state index in [1.165, 1.54) is 4.90 Å². The van der Waals surface area contributed by atoms with Crippen molar-refractivity contribution in [3.05, 3.63) is 70.4 Å². The lowest BCUT2D eigenvalue weighted by Gasteiger charge is -2.28. The summed E-state index contributed by atoms with van der Waals surface area (Å²) in [5.41, 5.74) is 1.92. The lowest BCUT2D eigenvalue weighted by molar-refractivity contribution is -0.896. The van der Waals surface area contributed by atoms with Gasteiger partial charge in [-0.2, -0.15) is 0 Å². The Morgan fingerprint density at radius 1 is 1.12 bits per heavy atom. The maximum absolute atomic E-state index is 13.3. The Labute approximate surface area is 190 Å². The number of carbonyl (C=O) groups excluding carboxylic acids is 2. The second-order valence-corrected chi connectivity index (χ2v) is 8.77. The van der Waals surface area contributed by atoms with Crippen molar-refractivity contribution < 1.29 is 24.0 Å². The number of rotatable bonds is 10. The van der Waals surface area contributed by atoms with Gasteiger partial charge in [-0.15, -0.1) is 0 Å². The summed E-state index contributed by atoms with van der Waals surface area (Å²) in [5.74, 6) is -0.799. The highest BCUT2D eigenvalue weighted by molar-refractivity contribution is 6.14. The molecule has 1 aliphatic rings. The van der Waals surface area contributed by atoms with Gasteiger partial charge in [-0.3, -0.25) is 9.59 Å². The summed E-state index contributed by atoms with van der Waals surface area (Å²) in [5, 5.41) is 13.0. The van der Waals surface area contributed by atoms with E-state index in [1.54, 1.807) is 24.0 Å². The molecule has 1 N–H and O–H groups in total. The molecule has 1 aromatic heterocycles. The second-order valence-electron chi connectivity index (χ2n) is 8.77. The highest BCUT2D eigenvalue weighted by Gasteiger charge is 2.40. The molecular formula is C26H34N2O4. The molecular weight excluding hydrogens is 404 g/mol. The molecule has 2 aromatic rings. The van der Waals surface area contributed by atoms with Crippen molar-refractivity contribution in [3.8, 4) is 0 Å². The zero-order valence-electron chi connectivity index (χ0n) is 19.7. The van der Waals surface area contributed by atoms with E-state index < -0.39 is 23.5 Å².